The highest BCUT2D eigenvalue weighted by molar-refractivity contribution is 5.92. The first-order chi connectivity index (χ1) is 11.3. The van der Waals surface area contributed by atoms with Gasteiger partial charge in [-0.05, 0) is 55.1 Å². The molecule has 2 aromatic rings. The van der Waals surface area contributed by atoms with Crippen LogP contribution in [0.2, 0.25) is 0 Å². The minimum Gasteiger partial charge on any atom is -0.489 e. The molecule has 4 heteroatoms. The maximum atomic E-state index is 11.8. The molecule has 0 atom stereocenters. The molecule has 23 heavy (non-hydrogen) atoms. The molecule has 1 amide bonds. The number of rotatable bonds is 8. The Hall–Kier alpha value is -2.33. The van der Waals surface area contributed by atoms with Crippen molar-refractivity contribution in [1.29, 1.82) is 0 Å². The Morgan fingerprint density at radius 2 is 1.78 bits per heavy atom. The SMILES string of the molecule is O=C(CNCC1CC1)Nc1ccc(OCc2ccccc2)cc1. The van der Waals surface area contributed by atoms with Crippen LogP contribution in [0.5, 0.6) is 5.75 Å². The maximum Gasteiger partial charge on any atom is 0.238 e. The summed E-state index contributed by atoms with van der Waals surface area (Å²) in [5.41, 5.74) is 1.92. The molecule has 1 fully saturated rings. The van der Waals surface area contributed by atoms with Crippen LogP contribution in [0.25, 0.3) is 0 Å². The van der Waals surface area contributed by atoms with Gasteiger partial charge >= 0.3 is 0 Å². The molecule has 0 radical (unpaired) electrons. The molecular formula is C19H22N2O2. The number of hydrogen-bond donors (Lipinski definition) is 2. The lowest BCUT2D eigenvalue weighted by molar-refractivity contribution is -0.115. The number of amides is 1. The molecule has 0 aromatic heterocycles. The molecule has 1 aliphatic carbocycles. The fraction of sp³-hybridized carbons (Fsp3) is 0.316. The van der Waals surface area contributed by atoms with Crippen molar-refractivity contribution in [2.45, 2.75) is 19.4 Å². The van der Waals surface area contributed by atoms with E-state index in [0.717, 1.165) is 29.5 Å². The number of hydrogen-bond acceptors (Lipinski definition) is 3. The molecule has 2 aromatic carbocycles. The van der Waals surface area contributed by atoms with Gasteiger partial charge in [0.15, 0.2) is 0 Å². The Labute approximate surface area is 136 Å². The van der Waals surface area contributed by atoms with E-state index < -0.39 is 0 Å². The first-order valence-electron chi connectivity index (χ1n) is 8.07. The maximum absolute atomic E-state index is 11.8. The molecule has 0 bridgehead atoms. The lowest BCUT2D eigenvalue weighted by Crippen LogP contribution is -2.29. The molecule has 3 rings (SSSR count). The lowest BCUT2D eigenvalue weighted by Gasteiger charge is -2.09. The summed E-state index contributed by atoms with van der Waals surface area (Å²) >= 11 is 0. The van der Waals surface area contributed by atoms with E-state index in [2.05, 4.69) is 10.6 Å². The Morgan fingerprint density at radius 3 is 2.48 bits per heavy atom. The second kappa shape index (κ2) is 7.79. The van der Waals surface area contributed by atoms with E-state index in [1.54, 1.807) is 0 Å². The predicted molar refractivity (Wildman–Crippen MR) is 91.4 cm³/mol. The molecule has 0 spiro atoms. The van der Waals surface area contributed by atoms with Crippen LogP contribution in [0.15, 0.2) is 54.6 Å². The zero-order valence-corrected chi connectivity index (χ0v) is 13.1. The van der Waals surface area contributed by atoms with Crippen molar-refractivity contribution in [3.63, 3.8) is 0 Å². The van der Waals surface area contributed by atoms with Gasteiger partial charge in [0.25, 0.3) is 0 Å². The van der Waals surface area contributed by atoms with Crippen LogP contribution in [0.4, 0.5) is 5.69 Å². The summed E-state index contributed by atoms with van der Waals surface area (Å²) < 4.78 is 5.73. The largest absolute Gasteiger partial charge is 0.489 e. The minimum absolute atomic E-state index is 0.0106. The summed E-state index contributed by atoms with van der Waals surface area (Å²) in [7, 11) is 0. The number of carbonyl (C=O) groups excluding carboxylic acids is 1. The van der Waals surface area contributed by atoms with E-state index in [4.69, 9.17) is 4.74 Å². The monoisotopic (exact) mass is 310 g/mol. The Kier molecular flexibility index (Phi) is 5.27. The first-order valence-corrected chi connectivity index (χ1v) is 8.07. The van der Waals surface area contributed by atoms with Crippen LogP contribution < -0.4 is 15.4 Å². The van der Waals surface area contributed by atoms with Crippen LogP contribution >= 0.6 is 0 Å². The summed E-state index contributed by atoms with van der Waals surface area (Å²) in [6.07, 6.45) is 2.58. The molecule has 120 valence electrons. The van der Waals surface area contributed by atoms with Gasteiger partial charge in [0, 0.05) is 5.69 Å². The lowest BCUT2D eigenvalue weighted by atomic mass is 10.2. The first kappa shape index (κ1) is 15.6. The van der Waals surface area contributed by atoms with Gasteiger partial charge in [-0.3, -0.25) is 4.79 Å². The molecule has 0 unspecified atom stereocenters. The normalized spacial score (nSPS) is 13.6. The summed E-state index contributed by atoms with van der Waals surface area (Å²) in [6.45, 7) is 1.85. The third-order valence-corrected chi connectivity index (χ3v) is 3.80. The van der Waals surface area contributed by atoms with Crippen molar-refractivity contribution >= 4 is 11.6 Å². The van der Waals surface area contributed by atoms with E-state index >= 15 is 0 Å². The average Bonchev–Trinajstić information content (AvgIpc) is 3.39. The molecule has 0 aliphatic heterocycles. The summed E-state index contributed by atoms with van der Waals surface area (Å²) in [6, 6.07) is 17.5. The summed E-state index contributed by atoms with van der Waals surface area (Å²) in [5, 5.41) is 6.06. The molecular weight excluding hydrogens is 288 g/mol. The third-order valence-electron chi connectivity index (χ3n) is 3.80. The van der Waals surface area contributed by atoms with Gasteiger partial charge in [-0.2, -0.15) is 0 Å². The van der Waals surface area contributed by atoms with Crippen molar-refractivity contribution in [3.8, 4) is 5.75 Å². The van der Waals surface area contributed by atoms with Crippen LogP contribution in [0, 0.1) is 5.92 Å². The van der Waals surface area contributed by atoms with Gasteiger partial charge in [0.1, 0.15) is 12.4 Å². The van der Waals surface area contributed by atoms with Crippen LogP contribution in [0.1, 0.15) is 18.4 Å². The fourth-order valence-electron chi connectivity index (χ4n) is 2.29. The Morgan fingerprint density at radius 1 is 1.04 bits per heavy atom. The van der Waals surface area contributed by atoms with Gasteiger partial charge in [-0.1, -0.05) is 30.3 Å². The summed E-state index contributed by atoms with van der Waals surface area (Å²) in [5.74, 6) is 1.56. The quantitative estimate of drug-likeness (QED) is 0.787. The highest BCUT2D eigenvalue weighted by Gasteiger charge is 2.20. The van der Waals surface area contributed by atoms with Crippen LogP contribution in [-0.2, 0) is 11.4 Å². The van der Waals surface area contributed by atoms with Crippen molar-refractivity contribution < 1.29 is 9.53 Å². The van der Waals surface area contributed by atoms with Crippen LogP contribution in [-0.4, -0.2) is 19.0 Å². The topological polar surface area (TPSA) is 50.4 Å². The number of benzene rings is 2. The molecule has 1 saturated carbocycles. The predicted octanol–water partition coefficient (Wildman–Crippen LogP) is 3.20. The third kappa shape index (κ3) is 5.42. The van der Waals surface area contributed by atoms with E-state index in [9.17, 15) is 4.79 Å². The average molecular weight is 310 g/mol. The second-order valence-electron chi connectivity index (χ2n) is 5.92. The standard InChI is InChI=1S/C19H22N2O2/c22-19(13-20-12-15-6-7-15)21-17-8-10-18(11-9-17)23-14-16-4-2-1-3-5-16/h1-5,8-11,15,20H,6-7,12-14H2,(H,21,22). The highest BCUT2D eigenvalue weighted by Crippen LogP contribution is 2.27. The van der Waals surface area contributed by atoms with Crippen molar-refractivity contribution in [2.24, 2.45) is 5.92 Å². The van der Waals surface area contributed by atoms with E-state index in [1.807, 2.05) is 54.6 Å². The van der Waals surface area contributed by atoms with Crippen molar-refractivity contribution in [2.75, 3.05) is 18.4 Å². The molecule has 0 heterocycles. The van der Waals surface area contributed by atoms with Gasteiger partial charge in [-0.25, -0.2) is 0 Å². The van der Waals surface area contributed by atoms with Crippen molar-refractivity contribution in [1.82, 2.24) is 5.32 Å². The van der Waals surface area contributed by atoms with E-state index in [-0.39, 0.29) is 5.91 Å². The van der Waals surface area contributed by atoms with Gasteiger partial charge in [0.2, 0.25) is 5.91 Å². The van der Waals surface area contributed by atoms with E-state index in [0.29, 0.717) is 13.2 Å². The molecule has 4 nitrogen and oxygen atoms in total. The number of nitrogens with one attached hydrogen (secondary N) is 2. The number of ether oxygens (including phenoxy) is 1. The van der Waals surface area contributed by atoms with E-state index in [1.165, 1.54) is 12.8 Å². The smallest absolute Gasteiger partial charge is 0.238 e. The zero-order valence-electron chi connectivity index (χ0n) is 13.1. The van der Waals surface area contributed by atoms with Gasteiger partial charge < -0.3 is 15.4 Å². The fourth-order valence-corrected chi connectivity index (χ4v) is 2.29. The van der Waals surface area contributed by atoms with Crippen molar-refractivity contribution in [3.05, 3.63) is 60.2 Å². The second-order valence-corrected chi connectivity index (χ2v) is 5.92. The van der Waals surface area contributed by atoms with Crippen LogP contribution in [0.3, 0.4) is 0 Å². The molecule has 0 saturated heterocycles. The zero-order chi connectivity index (χ0) is 15.9. The molecule has 2 N–H and O–H groups in total. The Bertz CT molecular complexity index is 622. The number of anilines is 1. The summed E-state index contributed by atoms with van der Waals surface area (Å²) in [4.78, 5) is 11.8. The minimum atomic E-state index is -0.0106. The number of carbonyl (C=O) groups is 1. The van der Waals surface area contributed by atoms with Gasteiger partial charge in [-0.15, -0.1) is 0 Å². The highest BCUT2D eigenvalue weighted by atomic mass is 16.5. The Balaban J connectivity index is 1.41. The molecule has 1 aliphatic rings. The van der Waals surface area contributed by atoms with Gasteiger partial charge in [0.05, 0.1) is 6.54 Å².